The van der Waals surface area contributed by atoms with Gasteiger partial charge in [0.1, 0.15) is 53.6 Å². The number of aryl methyl sites for hydroxylation is 1. The number of thiophene rings is 1. The molecule has 0 radical (unpaired) electrons. The molecule has 5 atom stereocenters. The molecule has 0 aliphatic carbocycles. The molecule has 0 bridgehead atoms. The van der Waals surface area contributed by atoms with Gasteiger partial charge in [0.25, 0.3) is 0 Å². The van der Waals surface area contributed by atoms with E-state index in [0.29, 0.717) is 13.0 Å². The van der Waals surface area contributed by atoms with Crippen LogP contribution in [-0.4, -0.2) is 57.5 Å². The molecule has 10 heteroatoms. The Bertz CT molecular complexity index is 2190. The summed E-state index contributed by atoms with van der Waals surface area (Å²) in [5.41, 5.74) is 6.88. The maximum Gasteiger partial charge on any atom is 0.123 e. The highest BCUT2D eigenvalue weighted by atomic mass is 32.1. The van der Waals surface area contributed by atoms with Gasteiger partial charge in [-0.2, -0.15) is 0 Å². The predicted molar refractivity (Wildman–Crippen MR) is 223 cm³/mol. The molecular weight excluding hydrogens is 756 g/mol. The van der Waals surface area contributed by atoms with Crippen molar-refractivity contribution in [3.05, 3.63) is 171 Å². The van der Waals surface area contributed by atoms with E-state index in [1.165, 1.54) is 17.0 Å². The van der Waals surface area contributed by atoms with Crippen LogP contribution in [0.15, 0.2) is 127 Å². The Morgan fingerprint density at radius 1 is 0.638 bits per heavy atom. The first-order chi connectivity index (χ1) is 28.3. The lowest BCUT2D eigenvalue weighted by Crippen LogP contribution is -2.57. The number of benzene rings is 5. The Labute approximate surface area is 343 Å². The van der Waals surface area contributed by atoms with E-state index in [0.717, 1.165) is 61.1 Å². The Morgan fingerprint density at radius 2 is 1.19 bits per heavy atom. The molecule has 1 saturated heterocycles. The van der Waals surface area contributed by atoms with Gasteiger partial charge >= 0.3 is 0 Å². The van der Waals surface area contributed by atoms with Crippen LogP contribution in [0.2, 0.25) is 0 Å². The molecule has 1 aliphatic rings. The van der Waals surface area contributed by atoms with Crippen molar-refractivity contribution in [2.45, 2.75) is 63.7 Å². The number of hydrogen-bond donors (Lipinski definition) is 1. The summed E-state index contributed by atoms with van der Waals surface area (Å²) in [5, 5.41) is 12.3. The summed E-state index contributed by atoms with van der Waals surface area (Å²) in [4.78, 5) is 2.24. The highest BCUT2D eigenvalue weighted by Gasteiger charge is 2.47. The third-order valence-electron chi connectivity index (χ3n) is 10.4. The molecule has 5 aromatic carbocycles. The second-order valence-electron chi connectivity index (χ2n) is 14.3. The van der Waals surface area contributed by atoms with Crippen LogP contribution in [0.5, 0.6) is 17.2 Å². The maximum absolute atomic E-state index is 13.6. The highest BCUT2D eigenvalue weighted by Crippen LogP contribution is 2.38. The molecular formula is C48H49FO8S. The molecule has 58 heavy (non-hydrogen) atoms. The maximum atomic E-state index is 13.6. The molecule has 302 valence electrons. The van der Waals surface area contributed by atoms with Crippen LogP contribution in [0.3, 0.4) is 0 Å². The minimum absolute atomic E-state index is 0.186. The summed E-state index contributed by atoms with van der Waals surface area (Å²) in [7, 11) is 4.91. The molecule has 1 fully saturated rings. The van der Waals surface area contributed by atoms with Gasteiger partial charge in [-0.25, -0.2) is 4.39 Å². The van der Waals surface area contributed by atoms with Crippen molar-refractivity contribution in [1.82, 2.24) is 0 Å². The smallest absolute Gasteiger partial charge is 0.123 e. The number of methoxy groups -OCH3 is 3. The monoisotopic (exact) mass is 804 g/mol. The van der Waals surface area contributed by atoms with Crippen molar-refractivity contribution >= 4 is 11.3 Å². The fourth-order valence-corrected chi connectivity index (χ4v) is 8.10. The lowest BCUT2D eigenvalue weighted by atomic mass is 9.89. The van der Waals surface area contributed by atoms with E-state index in [4.69, 9.17) is 33.2 Å². The topological polar surface area (TPSA) is 84.8 Å². The van der Waals surface area contributed by atoms with E-state index < -0.39 is 30.5 Å². The summed E-state index contributed by atoms with van der Waals surface area (Å²) < 4.78 is 56.2. The molecule has 6 aromatic rings. The summed E-state index contributed by atoms with van der Waals surface area (Å²) in [6.45, 7) is 3.10. The molecule has 0 amide bonds. The zero-order chi connectivity index (χ0) is 40.4. The average molecular weight is 805 g/mol. The Morgan fingerprint density at radius 3 is 1.76 bits per heavy atom. The second-order valence-corrected chi connectivity index (χ2v) is 15.5. The summed E-state index contributed by atoms with van der Waals surface area (Å²) in [5.74, 6) is 2.01. The first-order valence-electron chi connectivity index (χ1n) is 19.3. The average Bonchev–Trinajstić information content (AvgIpc) is 3.73. The van der Waals surface area contributed by atoms with Crippen molar-refractivity contribution in [3.63, 3.8) is 0 Å². The molecule has 0 unspecified atom stereocenters. The van der Waals surface area contributed by atoms with Crippen molar-refractivity contribution in [2.24, 2.45) is 0 Å². The van der Waals surface area contributed by atoms with Crippen molar-refractivity contribution in [1.29, 1.82) is 0 Å². The van der Waals surface area contributed by atoms with Gasteiger partial charge in [-0.15, -0.1) is 11.3 Å². The lowest BCUT2D eigenvalue weighted by Gasteiger charge is -2.45. The van der Waals surface area contributed by atoms with Gasteiger partial charge in [-0.1, -0.05) is 66.7 Å². The van der Waals surface area contributed by atoms with Gasteiger partial charge in [0, 0.05) is 16.2 Å². The predicted octanol–water partition coefficient (Wildman–Crippen LogP) is 9.67. The van der Waals surface area contributed by atoms with Crippen LogP contribution in [0.1, 0.15) is 44.4 Å². The first-order valence-corrected chi connectivity index (χ1v) is 20.1. The van der Waals surface area contributed by atoms with Gasteiger partial charge in [0.15, 0.2) is 0 Å². The molecule has 1 aliphatic heterocycles. The van der Waals surface area contributed by atoms with Crippen LogP contribution in [0.4, 0.5) is 4.39 Å². The largest absolute Gasteiger partial charge is 0.497 e. The van der Waals surface area contributed by atoms with Crippen LogP contribution in [0, 0.1) is 12.7 Å². The summed E-state index contributed by atoms with van der Waals surface area (Å²) >= 11 is 1.68. The van der Waals surface area contributed by atoms with E-state index in [1.54, 1.807) is 44.8 Å². The fourth-order valence-electron chi connectivity index (χ4n) is 7.06. The quantitative estimate of drug-likeness (QED) is 0.0977. The van der Waals surface area contributed by atoms with Crippen molar-refractivity contribution in [2.75, 3.05) is 27.9 Å². The van der Waals surface area contributed by atoms with Crippen LogP contribution < -0.4 is 14.2 Å². The third kappa shape index (κ3) is 10.3. The zero-order valence-corrected chi connectivity index (χ0v) is 34.0. The van der Waals surface area contributed by atoms with Crippen LogP contribution >= 0.6 is 11.3 Å². The van der Waals surface area contributed by atoms with E-state index in [2.05, 4.69) is 31.2 Å². The first kappa shape index (κ1) is 41.1. The Balaban J connectivity index is 1.17. The van der Waals surface area contributed by atoms with Gasteiger partial charge in [0.2, 0.25) is 0 Å². The zero-order valence-electron chi connectivity index (χ0n) is 33.1. The standard InChI is InChI=1S/C48H49FO8S/c1-31-5-12-36(25-37(31)26-42-23-24-44(58-42)35-13-15-38(49)16-14-35)46-45(50)48(56-29-34-10-21-41(53-4)22-11-34)47(55-28-33-8-19-40(52-3)20-9-33)43(57-46)30-54-27-32-6-17-39(51-2)18-7-32/h5-25,43,45-48,50H,26-30H2,1-4H3/t43-,45-,46+,47-,48-/m1/s1. The molecule has 0 saturated carbocycles. The van der Waals surface area contributed by atoms with E-state index >= 15 is 0 Å². The number of aliphatic hydroxyl groups is 1. The molecule has 8 nitrogen and oxygen atoms in total. The lowest BCUT2D eigenvalue weighted by molar-refractivity contribution is -0.263. The van der Waals surface area contributed by atoms with Crippen LogP contribution in [0.25, 0.3) is 10.4 Å². The van der Waals surface area contributed by atoms with Gasteiger partial charge in [0.05, 0.1) is 47.8 Å². The molecule has 7 rings (SSSR count). The number of halogens is 1. The van der Waals surface area contributed by atoms with Gasteiger partial charge in [-0.3, -0.25) is 0 Å². The van der Waals surface area contributed by atoms with Crippen molar-refractivity contribution in [3.8, 4) is 27.7 Å². The fraction of sp³-hybridized carbons (Fsp3) is 0.292. The third-order valence-corrected chi connectivity index (χ3v) is 11.6. The normalized spacial score (nSPS) is 19.2. The number of hydrogen-bond acceptors (Lipinski definition) is 9. The Hall–Kier alpha value is -5.07. The highest BCUT2D eigenvalue weighted by molar-refractivity contribution is 7.15. The minimum atomic E-state index is -1.08. The molecule has 2 heterocycles. The number of aliphatic hydroxyl groups excluding tert-OH is 1. The molecule has 1 aromatic heterocycles. The van der Waals surface area contributed by atoms with E-state index in [1.807, 2.05) is 78.9 Å². The summed E-state index contributed by atoms with van der Waals surface area (Å²) in [6.07, 6.45) is -3.22. The molecule has 0 spiro atoms. The molecule has 1 N–H and O–H groups in total. The SMILES string of the molecule is COc1ccc(COC[C@H]2O[C@@H](c3ccc(C)c(Cc4ccc(-c5ccc(F)cc5)s4)c3)[C@@H](O)[C@@H](OCc3ccc(OC)cc3)[C@@H]2OCc2ccc(OC)cc2)cc1. The summed E-state index contributed by atoms with van der Waals surface area (Å²) in [6, 6.07) is 40.1. The number of rotatable bonds is 17. The van der Waals surface area contributed by atoms with Crippen molar-refractivity contribution < 1.29 is 42.7 Å². The Kier molecular flexibility index (Phi) is 13.9. The van der Waals surface area contributed by atoms with E-state index in [-0.39, 0.29) is 25.6 Å². The van der Waals surface area contributed by atoms with Gasteiger partial charge < -0.3 is 38.3 Å². The number of ether oxygens (including phenoxy) is 7. The van der Waals surface area contributed by atoms with Crippen LogP contribution in [-0.2, 0) is 45.2 Å². The van der Waals surface area contributed by atoms with Gasteiger partial charge in [-0.05, 0) is 107 Å². The minimum Gasteiger partial charge on any atom is -0.497 e. The van der Waals surface area contributed by atoms with E-state index in [9.17, 15) is 9.50 Å². The second kappa shape index (κ2) is 19.6.